The minimum Gasteiger partial charge on any atom is -0.387 e. The summed E-state index contributed by atoms with van der Waals surface area (Å²) in [4.78, 5) is 24.1. The van der Waals surface area contributed by atoms with Crippen LogP contribution in [0.1, 0.15) is 18.1 Å². The molecule has 0 saturated carbocycles. The van der Waals surface area contributed by atoms with Crippen LogP contribution in [0, 0.1) is 10.1 Å². The first kappa shape index (κ1) is 18.9. The summed E-state index contributed by atoms with van der Waals surface area (Å²) in [6.07, 6.45) is 8.61. The number of nitrogens with zero attached hydrogens (tertiary/aromatic N) is 2. The third-order valence-electron chi connectivity index (χ3n) is 4.19. The molecule has 0 aliphatic heterocycles. The number of allylic oxidation sites excluding steroid dienone is 2. The SMILES string of the molecule is C=C[C@]1(N(CC(O)c2ccc([N+](=O)[O-])cc2)C(=O)CCl)C=CC=CC1. The monoisotopic (exact) mass is 362 g/mol. The summed E-state index contributed by atoms with van der Waals surface area (Å²) < 4.78 is 0. The number of halogens is 1. The Morgan fingerprint density at radius 2 is 2.12 bits per heavy atom. The molecule has 1 aliphatic carbocycles. The van der Waals surface area contributed by atoms with Gasteiger partial charge in [0.25, 0.3) is 5.69 Å². The Balaban J connectivity index is 2.26. The Bertz CT molecular complexity index is 714. The van der Waals surface area contributed by atoms with Gasteiger partial charge in [0.15, 0.2) is 0 Å². The Kier molecular flexibility index (Phi) is 6.12. The second-order valence-corrected chi connectivity index (χ2v) is 5.96. The normalized spacial score (nSPS) is 20.1. The molecule has 2 atom stereocenters. The number of nitro benzene ring substituents is 1. The minimum atomic E-state index is -1.01. The number of alkyl halides is 1. The Labute approximate surface area is 150 Å². The maximum atomic E-state index is 12.4. The molecular formula is C18H19ClN2O4. The van der Waals surface area contributed by atoms with Crippen LogP contribution >= 0.6 is 11.6 Å². The van der Waals surface area contributed by atoms with E-state index in [0.29, 0.717) is 12.0 Å². The molecule has 0 aromatic heterocycles. The molecular weight excluding hydrogens is 344 g/mol. The van der Waals surface area contributed by atoms with Crippen molar-refractivity contribution in [2.45, 2.75) is 18.1 Å². The van der Waals surface area contributed by atoms with Gasteiger partial charge in [-0.05, 0) is 24.1 Å². The molecule has 1 amide bonds. The zero-order valence-electron chi connectivity index (χ0n) is 13.5. The van der Waals surface area contributed by atoms with E-state index in [1.54, 1.807) is 6.08 Å². The zero-order chi connectivity index (χ0) is 18.4. The van der Waals surface area contributed by atoms with Crippen LogP contribution in [0.2, 0.25) is 0 Å². The van der Waals surface area contributed by atoms with Crippen LogP contribution in [0.5, 0.6) is 0 Å². The summed E-state index contributed by atoms with van der Waals surface area (Å²) >= 11 is 5.75. The average molecular weight is 363 g/mol. The molecule has 2 rings (SSSR count). The highest BCUT2D eigenvalue weighted by Gasteiger charge is 2.35. The molecule has 1 aromatic rings. The van der Waals surface area contributed by atoms with Gasteiger partial charge < -0.3 is 10.0 Å². The van der Waals surface area contributed by atoms with Crippen molar-refractivity contribution in [1.29, 1.82) is 0 Å². The summed E-state index contributed by atoms with van der Waals surface area (Å²) in [5, 5.41) is 21.2. The third-order valence-corrected chi connectivity index (χ3v) is 4.42. The van der Waals surface area contributed by atoms with Gasteiger partial charge in [-0.25, -0.2) is 0 Å². The molecule has 0 saturated heterocycles. The van der Waals surface area contributed by atoms with Crippen molar-refractivity contribution >= 4 is 23.2 Å². The second kappa shape index (κ2) is 8.09. The fourth-order valence-corrected chi connectivity index (χ4v) is 2.90. The lowest BCUT2D eigenvalue weighted by molar-refractivity contribution is -0.384. The lowest BCUT2D eigenvalue weighted by Gasteiger charge is -2.41. The Morgan fingerprint density at radius 1 is 1.44 bits per heavy atom. The lowest BCUT2D eigenvalue weighted by atomic mass is 9.88. The van der Waals surface area contributed by atoms with Crippen LogP contribution in [0.15, 0.2) is 61.2 Å². The maximum absolute atomic E-state index is 12.4. The Hall–Kier alpha value is -2.44. The molecule has 0 radical (unpaired) electrons. The third kappa shape index (κ3) is 4.15. The largest absolute Gasteiger partial charge is 0.387 e. The zero-order valence-corrected chi connectivity index (χ0v) is 14.3. The van der Waals surface area contributed by atoms with Crippen LogP contribution in [0.25, 0.3) is 0 Å². The predicted octanol–water partition coefficient (Wildman–Crippen LogP) is 3.14. The molecule has 1 unspecified atom stereocenters. The van der Waals surface area contributed by atoms with Gasteiger partial charge in [-0.15, -0.1) is 18.2 Å². The number of carbonyl (C=O) groups is 1. The van der Waals surface area contributed by atoms with Gasteiger partial charge in [0, 0.05) is 12.1 Å². The highest BCUT2D eigenvalue weighted by molar-refractivity contribution is 6.27. The number of aliphatic hydroxyl groups is 1. The molecule has 1 aliphatic rings. The van der Waals surface area contributed by atoms with Crippen molar-refractivity contribution < 1.29 is 14.8 Å². The molecule has 1 N–H and O–H groups in total. The number of benzene rings is 1. The lowest BCUT2D eigenvalue weighted by Crippen LogP contribution is -2.51. The highest BCUT2D eigenvalue weighted by atomic mass is 35.5. The van der Waals surface area contributed by atoms with Crippen molar-refractivity contribution in [2.75, 3.05) is 12.4 Å². The number of non-ortho nitro benzene ring substituents is 1. The fourth-order valence-electron chi connectivity index (χ4n) is 2.76. The van der Waals surface area contributed by atoms with Crippen LogP contribution in [-0.2, 0) is 4.79 Å². The van der Waals surface area contributed by atoms with E-state index in [0.717, 1.165) is 0 Å². The van der Waals surface area contributed by atoms with Gasteiger partial charge in [0.05, 0.1) is 23.1 Å². The molecule has 0 bridgehead atoms. The van der Waals surface area contributed by atoms with Crippen LogP contribution < -0.4 is 0 Å². The molecule has 0 spiro atoms. The van der Waals surface area contributed by atoms with Crippen molar-refractivity contribution in [3.63, 3.8) is 0 Å². The number of hydrogen-bond acceptors (Lipinski definition) is 4. The molecule has 132 valence electrons. The number of nitro groups is 1. The standard InChI is InChI=1S/C18H19ClN2O4/c1-2-18(10-4-3-5-11-18)20(17(23)12-19)13-16(22)14-6-8-15(9-7-14)21(24)25/h2-10,16,22H,1,11-13H2/t16?,18-/m0/s1. The molecule has 0 fully saturated rings. The van der Waals surface area contributed by atoms with E-state index in [9.17, 15) is 20.0 Å². The average Bonchev–Trinajstić information content (AvgIpc) is 2.65. The van der Waals surface area contributed by atoms with Crippen molar-refractivity contribution in [1.82, 2.24) is 4.90 Å². The first-order valence-corrected chi connectivity index (χ1v) is 8.24. The van der Waals surface area contributed by atoms with Gasteiger partial charge in [0.2, 0.25) is 5.91 Å². The number of carbonyl (C=O) groups excluding carboxylic acids is 1. The maximum Gasteiger partial charge on any atom is 0.269 e. The van der Waals surface area contributed by atoms with E-state index in [1.807, 2.05) is 24.3 Å². The van der Waals surface area contributed by atoms with E-state index >= 15 is 0 Å². The number of β-amino-alcohol motifs (C(OH)–C–C–N with tert-alkyl or cyclic N) is 1. The van der Waals surface area contributed by atoms with E-state index in [-0.39, 0.29) is 24.0 Å². The van der Waals surface area contributed by atoms with Crippen LogP contribution in [0.4, 0.5) is 5.69 Å². The summed E-state index contributed by atoms with van der Waals surface area (Å²) in [5.74, 6) is -0.553. The fraction of sp³-hybridized carbons (Fsp3) is 0.278. The second-order valence-electron chi connectivity index (χ2n) is 5.69. The minimum absolute atomic E-state index is 0.00638. The summed E-state index contributed by atoms with van der Waals surface area (Å²) in [5.41, 5.74) is -0.345. The van der Waals surface area contributed by atoms with E-state index in [2.05, 4.69) is 6.58 Å². The highest BCUT2D eigenvalue weighted by Crippen LogP contribution is 2.30. The Morgan fingerprint density at radius 3 is 2.60 bits per heavy atom. The number of hydrogen-bond donors (Lipinski definition) is 1. The van der Waals surface area contributed by atoms with Crippen molar-refractivity contribution in [3.05, 3.63) is 76.9 Å². The topological polar surface area (TPSA) is 83.7 Å². The van der Waals surface area contributed by atoms with Gasteiger partial charge >= 0.3 is 0 Å². The smallest absolute Gasteiger partial charge is 0.269 e. The quantitative estimate of drug-likeness (QED) is 0.349. The van der Waals surface area contributed by atoms with Gasteiger partial charge in [-0.2, -0.15) is 0 Å². The van der Waals surface area contributed by atoms with Gasteiger partial charge in [0.1, 0.15) is 5.88 Å². The summed E-state index contributed by atoms with van der Waals surface area (Å²) in [7, 11) is 0. The van der Waals surface area contributed by atoms with Crippen molar-refractivity contribution in [2.24, 2.45) is 0 Å². The van der Waals surface area contributed by atoms with Crippen molar-refractivity contribution in [3.8, 4) is 0 Å². The predicted molar refractivity (Wildman–Crippen MR) is 96.3 cm³/mol. The van der Waals surface area contributed by atoms with Gasteiger partial charge in [-0.3, -0.25) is 14.9 Å². The first-order chi connectivity index (χ1) is 11.9. The molecule has 7 heteroatoms. The molecule has 1 aromatic carbocycles. The van der Waals surface area contributed by atoms with E-state index in [4.69, 9.17) is 11.6 Å². The summed E-state index contributed by atoms with van der Waals surface area (Å²) in [6.45, 7) is 3.82. The number of rotatable bonds is 7. The molecule has 0 heterocycles. The molecule has 25 heavy (non-hydrogen) atoms. The number of aliphatic hydroxyl groups excluding tert-OH is 1. The summed E-state index contributed by atoms with van der Waals surface area (Å²) in [6, 6.07) is 5.59. The van der Waals surface area contributed by atoms with E-state index < -0.39 is 16.6 Å². The van der Waals surface area contributed by atoms with Gasteiger partial charge in [-0.1, -0.05) is 30.4 Å². The molecule has 6 nitrogen and oxygen atoms in total. The number of amides is 1. The van der Waals surface area contributed by atoms with E-state index in [1.165, 1.54) is 29.2 Å². The van der Waals surface area contributed by atoms with Crippen LogP contribution in [0.3, 0.4) is 0 Å². The first-order valence-electron chi connectivity index (χ1n) is 7.70. The van der Waals surface area contributed by atoms with Crippen LogP contribution in [-0.4, -0.2) is 38.8 Å².